The van der Waals surface area contributed by atoms with E-state index in [0.29, 0.717) is 24.5 Å². The van der Waals surface area contributed by atoms with Crippen molar-refractivity contribution in [1.29, 1.82) is 0 Å². The molecule has 3 rings (SSSR count). The van der Waals surface area contributed by atoms with Crippen molar-refractivity contribution in [2.75, 3.05) is 13.2 Å². The molecular formula is C18H22ClN3O3. The number of carbonyl (C=O) groups excluding carboxylic acids is 1. The average Bonchev–Trinajstić information content (AvgIpc) is 2.95. The van der Waals surface area contributed by atoms with Gasteiger partial charge in [0.15, 0.2) is 0 Å². The Hall–Kier alpha value is -1.89. The minimum atomic E-state index is -0.866. The fraction of sp³-hybridized carbons (Fsp3) is 0.444. The number of rotatable bonds is 4. The van der Waals surface area contributed by atoms with Crippen LogP contribution in [0.2, 0.25) is 5.02 Å². The van der Waals surface area contributed by atoms with E-state index in [1.165, 1.54) is 0 Å². The zero-order chi connectivity index (χ0) is 18.1. The van der Waals surface area contributed by atoms with Crippen LogP contribution in [0.3, 0.4) is 0 Å². The Bertz CT molecular complexity index is 803. The number of halogens is 1. The van der Waals surface area contributed by atoms with Crippen LogP contribution in [0.25, 0.3) is 11.3 Å². The monoisotopic (exact) mass is 363 g/mol. The highest BCUT2D eigenvalue weighted by atomic mass is 35.5. The van der Waals surface area contributed by atoms with Crippen LogP contribution in [0.15, 0.2) is 18.2 Å². The van der Waals surface area contributed by atoms with Crippen molar-refractivity contribution in [3.63, 3.8) is 0 Å². The Labute approximate surface area is 151 Å². The van der Waals surface area contributed by atoms with E-state index in [0.717, 1.165) is 28.1 Å². The first-order chi connectivity index (χ1) is 11.9. The number of hydrogen-bond acceptors (Lipinski definition) is 4. The molecule has 0 fully saturated rings. The first-order valence-electron chi connectivity index (χ1n) is 8.30. The van der Waals surface area contributed by atoms with Gasteiger partial charge in [-0.15, -0.1) is 0 Å². The highest BCUT2D eigenvalue weighted by Crippen LogP contribution is 2.32. The predicted molar refractivity (Wildman–Crippen MR) is 95.3 cm³/mol. The first-order valence-corrected chi connectivity index (χ1v) is 8.68. The first kappa shape index (κ1) is 17.9. The fourth-order valence-corrected chi connectivity index (χ4v) is 3.31. The Balaban J connectivity index is 2.07. The second kappa shape index (κ2) is 7.15. The quantitative estimate of drug-likeness (QED) is 0.867. The fourth-order valence-electron chi connectivity index (χ4n) is 3.19. The Morgan fingerprint density at radius 2 is 2.20 bits per heavy atom. The molecule has 0 radical (unpaired) electrons. The van der Waals surface area contributed by atoms with Gasteiger partial charge in [-0.3, -0.25) is 9.48 Å². The van der Waals surface area contributed by atoms with Crippen LogP contribution in [-0.2, 0) is 24.3 Å². The van der Waals surface area contributed by atoms with E-state index in [2.05, 4.69) is 5.10 Å². The highest BCUT2D eigenvalue weighted by Gasteiger charge is 2.27. The molecular weight excluding hydrogens is 342 g/mol. The minimum Gasteiger partial charge on any atom is -0.394 e. The van der Waals surface area contributed by atoms with Gasteiger partial charge < -0.3 is 15.1 Å². The van der Waals surface area contributed by atoms with Gasteiger partial charge in [0.2, 0.25) is 5.91 Å². The maximum absolute atomic E-state index is 11.8. The minimum absolute atomic E-state index is 0.0343. The molecule has 1 aliphatic rings. The number of aromatic nitrogens is 2. The zero-order valence-electron chi connectivity index (χ0n) is 14.4. The van der Waals surface area contributed by atoms with Crippen molar-refractivity contribution in [3.8, 4) is 11.3 Å². The van der Waals surface area contributed by atoms with Crippen LogP contribution in [0, 0.1) is 6.92 Å². The molecule has 7 heteroatoms. The number of aryl methyl sites for hydroxylation is 1. The molecule has 0 bridgehead atoms. The Kier molecular flexibility index (Phi) is 5.13. The lowest BCUT2D eigenvalue weighted by atomic mass is 9.99. The van der Waals surface area contributed by atoms with Crippen molar-refractivity contribution in [3.05, 3.63) is 40.0 Å². The molecule has 0 saturated heterocycles. The molecule has 0 spiro atoms. The summed E-state index contributed by atoms with van der Waals surface area (Å²) in [6, 6.07) is 5.73. The van der Waals surface area contributed by atoms with E-state index in [9.17, 15) is 9.90 Å². The predicted octanol–water partition coefficient (Wildman–Crippen LogP) is 1.77. The Morgan fingerprint density at radius 1 is 1.44 bits per heavy atom. The summed E-state index contributed by atoms with van der Waals surface area (Å²) < 4.78 is 1.76. The van der Waals surface area contributed by atoms with Crippen LogP contribution in [0.1, 0.15) is 23.7 Å². The lowest BCUT2D eigenvalue weighted by molar-refractivity contribution is -0.129. The molecule has 2 N–H and O–H groups in total. The van der Waals surface area contributed by atoms with Crippen LogP contribution in [0.4, 0.5) is 0 Å². The summed E-state index contributed by atoms with van der Waals surface area (Å²) in [6.07, 6.45) is -0.193. The second-order valence-electron chi connectivity index (χ2n) is 6.45. The van der Waals surface area contributed by atoms with Crippen molar-refractivity contribution in [1.82, 2.24) is 14.7 Å². The van der Waals surface area contributed by atoms with Crippen molar-refractivity contribution >= 4 is 17.5 Å². The highest BCUT2D eigenvalue weighted by molar-refractivity contribution is 6.31. The zero-order valence-corrected chi connectivity index (χ0v) is 15.1. The summed E-state index contributed by atoms with van der Waals surface area (Å²) in [7, 11) is 0. The largest absolute Gasteiger partial charge is 0.394 e. The topological polar surface area (TPSA) is 78.6 Å². The number of aliphatic hydroxyl groups is 2. The molecule has 0 aliphatic carbocycles. The van der Waals surface area contributed by atoms with Crippen LogP contribution >= 0.6 is 11.6 Å². The average molecular weight is 364 g/mol. The Morgan fingerprint density at radius 3 is 2.84 bits per heavy atom. The van der Waals surface area contributed by atoms with Gasteiger partial charge in [-0.2, -0.15) is 5.10 Å². The smallest absolute Gasteiger partial charge is 0.219 e. The van der Waals surface area contributed by atoms with E-state index in [4.69, 9.17) is 16.7 Å². The van der Waals surface area contributed by atoms with E-state index < -0.39 is 6.10 Å². The van der Waals surface area contributed by atoms with Crippen molar-refractivity contribution in [2.45, 2.75) is 39.5 Å². The van der Waals surface area contributed by atoms with Gasteiger partial charge in [0.25, 0.3) is 0 Å². The third kappa shape index (κ3) is 3.56. The molecule has 0 saturated carbocycles. The summed E-state index contributed by atoms with van der Waals surface area (Å²) >= 11 is 6.13. The summed E-state index contributed by atoms with van der Waals surface area (Å²) in [5.74, 6) is 0.0343. The molecule has 1 unspecified atom stereocenters. The van der Waals surface area contributed by atoms with Crippen LogP contribution in [-0.4, -0.2) is 50.1 Å². The van der Waals surface area contributed by atoms with E-state index in [1.807, 2.05) is 25.1 Å². The number of nitrogens with zero attached hydrogens (tertiary/aromatic N) is 3. The van der Waals surface area contributed by atoms with Gasteiger partial charge in [-0.1, -0.05) is 17.7 Å². The molecule has 1 aliphatic heterocycles. The van der Waals surface area contributed by atoms with Gasteiger partial charge in [0, 0.05) is 48.3 Å². The lowest BCUT2D eigenvalue weighted by Gasteiger charge is -2.27. The summed E-state index contributed by atoms with van der Waals surface area (Å²) in [5.41, 5.74) is 4.68. The van der Waals surface area contributed by atoms with Crippen molar-refractivity contribution < 1.29 is 15.0 Å². The standard InChI is InChI=1S/C18H22ClN3O3/c1-11-7-13(3-4-16(11)19)18-15-9-21(12(2)24)6-5-17(15)22(20-18)8-14(25)10-23/h3-4,7,14,23,25H,5-6,8-10H2,1-2H3. The summed E-state index contributed by atoms with van der Waals surface area (Å²) in [4.78, 5) is 13.6. The van der Waals surface area contributed by atoms with Gasteiger partial charge in [0.05, 0.1) is 24.9 Å². The number of carbonyl (C=O) groups is 1. The van der Waals surface area contributed by atoms with E-state index in [1.54, 1.807) is 16.5 Å². The van der Waals surface area contributed by atoms with Gasteiger partial charge in [-0.25, -0.2) is 0 Å². The maximum Gasteiger partial charge on any atom is 0.219 e. The van der Waals surface area contributed by atoms with Crippen LogP contribution < -0.4 is 0 Å². The maximum atomic E-state index is 11.8. The molecule has 134 valence electrons. The van der Waals surface area contributed by atoms with Gasteiger partial charge >= 0.3 is 0 Å². The lowest BCUT2D eigenvalue weighted by Crippen LogP contribution is -2.35. The normalized spacial score (nSPS) is 15.2. The molecule has 25 heavy (non-hydrogen) atoms. The third-order valence-corrected chi connectivity index (χ3v) is 5.03. The van der Waals surface area contributed by atoms with E-state index >= 15 is 0 Å². The number of hydrogen-bond donors (Lipinski definition) is 2. The number of amides is 1. The van der Waals surface area contributed by atoms with Gasteiger partial charge in [0.1, 0.15) is 0 Å². The summed E-state index contributed by atoms with van der Waals surface area (Å²) in [6.45, 7) is 4.54. The van der Waals surface area contributed by atoms with Gasteiger partial charge in [-0.05, 0) is 24.6 Å². The SMILES string of the molecule is CC(=O)N1CCc2c(c(-c3ccc(Cl)c(C)c3)nn2CC(O)CO)C1. The third-order valence-electron chi connectivity index (χ3n) is 4.61. The second-order valence-corrected chi connectivity index (χ2v) is 6.85. The molecule has 1 aromatic carbocycles. The molecule has 1 aromatic heterocycles. The van der Waals surface area contributed by atoms with Crippen LogP contribution in [0.5, 0.6) is 0 Å². The number of benzene rings is 1. The molecule has 6 nitrogen and oxygen atoms in total. The van der Waals surface area contributed by atoms with E-state index in [-0.39, 0.29) is 19.1 Å². The number of fused-ring (bicyclic) bond motifs is 1. The molecule has 2 heterocycles. The molecule has 2 aromatic rings. The molecule has 1 atom stereocenters. The summed E-state index contributed by atoms with van der Waals surface area (Å²) in [5, 5.41) is 24.3. The van der Waals surface area contributed by atoms with Crippen molar-refractivity contribution in [2.24, 2.45) is 0 Å². The number of aliphatic hydroxyl groups excluding tert-OH is 2. The molecule has 1 amide bonds.